The van der Waals surface area contributed by atoms with E-state index in [0.717, 1.165) is 24.3 Å². The van der Waals surface area contributed by atoms with Gasteiger partial charge in [-0.1, -0.05) is 24.3 Å². The van der Waals surface area contributed by atoms with Crippen molar-refractivity contribution in [2.45, 2.75) is 161 Å². The minimum atomic E-state index is -2.31. The first-order valence-electron chi connectivity index (χ1n) is 29.4. The Balaban J connectivity index is 1.05. The van der Waals surface area contributed by atoms with Crippen molar-refractivity contribution in [2.24, 2.45) is 0 Å². The normalized spacial score (nSPS) is 35.5. The molecule has 1 aromatic heterocycles. The summed E-state index contributed by atoms with van der Waals surface area (Å²) in [5.41, 5.74) is -0.774. The predicted octanol–water partition coefficient (Wildman–Crippen LogP) is -2.66. The van der Waals surface area contributed by atoms with Crippen molar-refractivity contribution in [3.05, 3.63) is 118 Å². The third-order valence-electron chi connectivity index (χ3n) is 16.1. The van der Waals surface area contributed by atoms with Crippen LogP contribution in [0, 0.1) is 0 Å². The van der Waals surface area contributed by atoms with Gasteiger partial charge in [0, 0.05) is 29.8 Å². The fourth-order valence-electron chi connectivity index (χ4n) is 10.8. The van der Waals surface area contributed by atoms with Crippen LogP contribution < -0.4 is 14.9 Å². The maximum absolute atomic E-state index is 15.2. The number of benzene rings is 4. The number of rotatable bonds is 19. The van der Waals surface area contributed by atoms with Crippen LogP contribution >= 0.6 is 0 Å². The summed E-state index contributed by atoms with van der Waals surface area (Å²) < 4.78 is 78.1. The number of carbonyl (C=O) groups excluding carboxylic acids is 2. The van der Waals surface area contributed by atoms with Crippen LogP contribution in [0.3, 0.4) is 0 Å². The quantitative estimate of drug-likeness (QED) is 0.0296. The predicted molar refractivity (Wildman–Crippen MR) is 311 cm³/mol. The molecule has 0 bridgehead atoms. The Morgan fingerprint density at radius 3 is 1.50 bits per heavy atom. The Bertz CT molecular complexity index is 3510. The van der Waals surface area contributed by atoms with E-state index in [1.165, 1.54) is 98.8 Å². The molecule has 24 atom stereocenters. The van der Waals surface area contributed by atoms with Crippen LogP contribution in [-0.4, -0.2) is 261 Å². The Kier molecular flexibility index (Phi) is 21.9. The summed E-state index contributed by atoms with van der Waals surface area (Å²) in [5, 5.41) is 174. The van der Waals surface area contributed by atoms with Gasteiger partial charge in [0.1, 0.15) is 151 Å². The number of ether oxygens (including phenoxy) is 12. The van der Waals surface area contributed by atoms with Crippen LogP contribution in [0.5, 0.6) is 34.5 Å². The number of fused-ring (bicyclic) bond motifs is 1. The highest BCUT2D eigenvalue weighted by Gasteiger charge is 2.57. The molecule has 0 spiro atoms. The number of aromatic hydroxyl groups is 4. The standard InChI is InChI=1S/C62H70O32/c1-24-41(70)46(75)50(79)59(85-24)87-32-19-33(66)40-35(20-32)88-54(28-9-15-31(65)16-10-28)55(45(40)74)92-62-57(94-61-52(81)48(77)44(73)37(90-61)23-83-39(69)18-8-27-5-13-30(64)14-6-27)56(53(25(2)86-62)91-58-49(78)42(71)34(67)21-84-58)93-60-51(80)47(76)43(72)36(89-60)22-82-38(68)17-7-26-3-11-29(63)12-4-26/h3-20,24-25,34,36-37,41-44,46-53,56-67,70-73,75-81H,21-23H2,1-2H3/b17-7+,18-8+/t24-,25-,34+,36+,37+,41-,42-,43+,44+,46+,47-,48-,49+,50+,51+,52+,53-,56+,57+,58-,59-,60-,61-,62-/m0/s1. The highest BCUT2D eigenvalue weighted by atomic mass is 16.8. The first-order chi connectivity index (χ1) is 44.7. The molecule has 10 rings (SSSR count). The Labute approximate surface area is 531 Å². The van der Waals surface area contributed by atoms with Crippen molar-refractivity contribution in [1.29, 1.82) is 0 Å². The summed E-state index contributed by atoms with van der Waals surface area (Å²) in [4.78, 5) is 41.3. The lowest BCUT2D eigenvalue weighted by Crippen LogP contribution is -2.68. The van der Waals surface area contributed by atoms with Crippen molar-refractivity contribution < 1.29 is 153 Å². The number of hydrogen-bond donors (Lipinski definition) is 16. The van der Waals surface area contributed by atoms with Crippen molar-refractivity contribution >= 4 is 35.1 Å². The molecule has 94 heavy (non-hydrogen) atoms. The van der Waals surface area contributed by atoms with Crippen LogP contribution in [0.15, 0.2) is 106 Å². The molecule has 32 heteroatoms. The topological polar surface area (TPSA) is 499 Å². The lowest BCUT2D eigenvalue weighted by atomic mass is 9.95. The van der Waals surface area contributed by atoms with Gasteiger partial charge >= 0.3 is 11.9 Å². The molecule has 4 aromatic carbocycles. The maximum atomic E-state index is 15.2. The number of hydrogen-bond acceptors (Lipinski definition) is 32. The van der Waals surface area contributed by atoms with Gasteiger partial charge in [0.05, 0.1) is 18.8 Å². The fourth-order valence-corrected chi connectivity index (χ4v) is 10.8. The van der Waals surface area contributed by atoms with Gasteiger partial charge in [-0.15, -0.1) is 0 Å². The molecule has 16 N–H and O–H groups in total. The Morgan fingerprint density at radius 2 is 0.957 bits per heavy atom. The molecule has 5 saturated heterocycles. The van der Waals surface area contributed by atoms with Crippen LogP contribution in [0.25, 0.3) is 34.4 Å². The number of phenols is 4. The molecule has 0 radical (unpaired) electrons. The first-order valence-corrected chi connectivity index (χ1v) is 29.4. The molecule has 6 heterocycles. The monoisotopic (exact) mass is 1330 g/mol. The fraction of sp³-hybridized carbons (Fsp3) is 0.468. The van der Waals surface area contributed by atoms with Crippen molar-refractivity contribution in [1.82, 2.24) is 0 Å². The Morgan fingerprint density at radius 1 is 0.489 bits per heavy atom. The first kappa shape index (κ1) is 69.3. The van der Waals surface area contributed by atoms with Gasteiger partial charge in [-0.05, 0) is 85.7 Å². The molecule has 5 aliphatic rings. The molecular weight excluding hydrogens is 1260 g/mol. The molecule has 510 valence electrons. The number of aliphatic hydroxyl groups is 12. The van der Waals surface area contributed by atoms with Crippen molar-refractivity contribution in [3.8, 4) is 45.8 Å². The lowest BCUT2D eigenvalue weighted by Gasteiger charge is -2.50. The summed E-state index contributed by atoms with van der Waals surface area (Å²) in [7, 11) is 0. The molecule has 0 saturated carbocycles. The van der Waals surface area contributed by atoms with Crippen LogP contribution in [0.4, 0.5) is 0 Å². The van der Waals surface area contributed by atoms with Gasteiger partial charge in [-0.2, -0.15) is 0 Å². The molecule has 0 amide bonds. The van der Waals surface area contributed by atoms with E-state index >= 15 is 4.79 Å². The van der Waals surface area contributed by atoms with E-state index in [4.69, 9.17) is 61.3 Å². The Hall–Kier alpha value is -7.49. The van der Waals surface area contributed by atoms with Crippen molar-refractivity contribution in [2.75, 3.05) is 19.8 Å². The van der Waals surface area contributed by atoms with Crippen molar-refractivity contribution in [3.63, 3.8) is 0 Å². The highest BCUT2D eigenvalue weighted by molar-refractivity contribution is 5.89. The molecule has 5 aromatic rings. The summed E-state index contributed by atoms with van der Waals surface area (Å²) in [6, 6.07) is 18.2. The average Bonchev–Trinajstić information content (AvgIpc) is 0.754. The number of phenolic OH excluding ortho intramolecular Hbond substituents is 4. The second kappa shape index (κ2) is 29.7. The van der Waals surface area contributed by atoms with Gasteiger partial charge < -0.3 is 143 Å². The minimum Gasteiger partial charge on any atom is -0.508 e. The molecular formula is C62H70O32. The zero-order valence-corrected chi connectivity index (χ0v) is 49.6. The molecule has 5 aliphatic heterocycles. The summed E-state index contributed by atoms with van der Waals surface area (Å²) in [5.74, 6) is -4.96. The average molecular weight is 1330 g/mol. The maximum Gasteiger partial charge on any atom is 0.330 e. The summed E-state index contributed by atoms with van der Waals surface area (Å²) in [6.45, 7) is 0.322. The van der Waals surface area contributed by atoms with Gasteiger partial charge in [0.15, 0.2) is 30.7 Å². The molecule has 0 aliphatic carbocycles. The van der Waals surface area contributed by atoms with E-state index in [2.05, 4.69) is 0 Å². The van der Waals surface area contributed by atoms with Gasteiger partial charge in [-0.3, -0.25) is 4.79 Å². The lowest BCUT2D eigenvalue weighted by molar-refractivity contribution is -0.396. The second-order valence-corrected chi connectivity index (χ2v) is 22.8. The zero-order chi connectivity index (χ0) is 67.6. The van der Waals surface area contributed by atoms with E-state index in [0.29, 0.717) is 11.1 Å². The second-order valence-electron chi connectivity index (χ2n) is 22.8. The van der Waals surface area contributed by atoms with Gasteiger partial charge in [0.2, 0.25) is 23.8 Å². The molecule has 0 unspecified atom stereocenters. The van der Waals surface area contributed by atoms with E-state index in [1.54, 1.807) is 0 Å². The highest BCUT2D eigenvalue weighted by Crippen LogP contribution is 2.42. The van der Waals surface area contributed by atoms with Gasteiger partial charge in [-0.25, -0.2) is 9.59 Å². The minimum absolute atomic E-state index is 0.0404. The summed E-state index contributed by atoms with van der Waals surface area (Å²) in [6.07, 6.45) is -41.9. The number of carbonyl (C=O) groups is 2. The number of aliphatic hydroxyl groups excluding tert-OH is 12. The smallest absolute Gasteiger partial charge is 0.330 e. The van der Waals surface area contributed by atoms with Crippen LogP contribution in [-0.2, 0) is 57.0 Å². The van der Waals surface area contributed by atoms with Crippen LogP contribution in [0.1, 0.15) is 25.0 Å². The van der Waals surface area contributed by atoms with E-state index in [-0.39, 0.29) is 28.6 Å². The third-order valence-corrected chi connectivity index (χ3v) is 16.1. The molecule has 5 fully saturated rings. The number of esters is 2. The van der Waals surface area contributed by atoms with Gasteiger partial charge in [0.25, 0.3) is 0 Å². The van der Waals surface area contributed by atoms with E-state index in [9.17, 15) is 91.3 Å². The third kappa shape index (κ3) is 15.4. The summed E-state index contributed by atoms with van der Waals surface area (Å²) >= 11 is 0. The van der Waals surface area contributed by atoms with E-state index in [1.807, 2.05) is 0 Å². The van der Waals surface area contributed by atoms with Crippen LogP contribution in [0.2, 0.25) is 0 Å². The van der Waals surface area contributed by atoms with E-state index < -0.39 is 213 Å². The SMILES string of the molecule is C[C@@H]1O[C@@H](Oc2cc(O)c3c(=O)c(O[C@@H]4O[C@@H](C)[C@H](O[C@@H]5OC[C@@H](O)[C@H](O)[C@H]5O)[C@@H](O[C@@H]5O[C@H](COC(=O)/C=C/c6ccc(O)cc6)[C@@H](O)[C@H](O)[C@H]5O)[C@H]4O[C@@H]4O[C@H](COC(=O)/C=C/c5ccc(O)cc5)[C@@H](O)[C@H](O)[C@H]4O)c(-c4ccc(O)cc4)oc3c2)[C@H](O)[C@H](O)[C@H]1O. The molecule has 32 nitrogen and oxygen atoms in total. The zero-order valence-electron chi connectivity index (χ0n) is 49.6. The largest absolute Gasteiger partial charge is 0.508 e.